The summed E-state index contributed by atoms with van der Waals surface area (Å²) in [5, 5.41) is 3.16. The Balaban J connectivity index is 2.11. The summed E-state index contributed by atoms with van der Waals surface area (Å²) in [6, 6.07) is 5.99. The van der Waals surface area contributed by atoms with Crippen molar-refractivity contribution in [2.45, 2.75) is 39.2 Å². The van der Waals surface area contributed by atoms with Crippen LogP contribution >= 0.6 is 0 Å². The fourth-order valence-corrected chi connectivity index (χ4v) is 2.56. The number of ether oxygens (including phenoxy) is 2. The molecule has 0 aromatic heterocycles. The Morgan fingerprint density at radius 2 is 2.05 bits per heavy atom. The molecule has 0 spiro atoms. The Morgan fingerprint density at radius 3 is 2.57 bits per heavy atom. The minimum atomic E-state index is -0.727. The van der Waals surface area contributed by atoms with Gasteiger partial charge in [0, 0.05) is 0 Å². The summed E-state index contributed by atoms with van der Waals surface area (Å²) < 4.78 is 11.2. The number of carbonyl (C=O) groups is 1. The van der Waals surface area contributed by atoms with Crippen molar-refractivity contribution in [2.24, 2.45) is 5.92 Å². The van der Waals surface area contributed by atoms with Gasteiger partial charge in [0.1, 0.15) is 12.4 Å². The fourth-order valence-electron chi connectivity index (χ4n) is 2.56. The molecule has 1 atom stereocenters. The van der Waals surface area contributed by atoms with Gasteiger partial charge in [0.15, 0.2) is 5.54 Å². The predicted octanol–water partition coefficient (Wildman–Crippen LogP) is 2.61. The molecule has 0 aliphatic heterocycles. The molecule has 21 heavy (non-hydrogen) atoms. The van der Waals surface area contributed by atoms with Gasteiger partial charge in [0.05, 0.1) is 6.61 Å². The van der Waals surface area contributed by atoms with Crippen molar-refractivity contribution >= 4 is 5.97 Å². The first-order chi connectivity index (χ1) is 10.0. The Labute approximate surface area is 126 Å². The largest absolute Gasteiger partial charge is 0.491 e. The van der Waals surface area contributed by atoms with Crippen molar-refractivity contribution in [3.63, 3.8) is 0 Å². The first-order valence-corrected chi connectivity index (χ1v) is 7.59. The second kappa shape index (κ2) is 6.48. The minimum absolute atomic E-state index is 0.209. The van der Waals surface area contributed by atoms with Crippen molar-refractivity contribution in [3.05, 3.63) is 29.3 Å². The van der Waals surface area contributed by atoms with Gasteiger partial charge in [-0.3, -0.25) is 0 Å². The van der Waals surface area contributed by atoms with Crippen molar-refractivity contribution in [2.75, 3.05) is 20.3 Å². The highest BCUT2D eigenvalue weighted by molar-refractivity contribution is 5.82. The van der Waals surface area contributed by atoms with E-state index in [-0.39, 0.29) is 5.97 Å². The predicted molar refractivity (Wildman–Crippen MR) is 82.6 cm³/mol. The summed E-state index contributed by atoms with van der Waals surface area (Å²) in [7, 11) is 1.80. The Bertz CT molecular complexity index is 511. The van der Waals surface area contributed by atoms with E-state index in [1.807, 2.05) is 25.1 Å². The monoisotopic (exact) mass is 291 g/mol. The van der Waals surface area contributed by atoms with Crippen LogP contribution in [0.15, 0.2) is 18.2 Å². The lowest BCUT2D eigenvalue weighted by atomic mass is 9.94. The summed E-state index contributed by atoms with van der Waals surface area (Å²) in [5.41, 5.74) is 1.69. The van der Waals surface area contributed by atoms with Crippen LogP contribution in [-0.4, -0.2) is 31.8 Å². The van der Waals surface area contributed by atoms with Gasteiger partial charge < -0.3 is 14.8 Å². The molecule has 4 heteroatoms. The zero-order valence-corrected chi connectivity index (χ0v) is 13.4. The van der Waals surface area contributed by atoms with Crippen molar-refractivity contribution < 1.29 is 14.3 Å². The normalized spacial score (nSPS) is 17.1. The molecule has 1 unspecified atom stereocenters. The standard InChI is InChI=1S/C17H25NO3/c1-5-20-16(19)17(18-4,14-7-8-14)11-21-15-9-6-12(2)13(3)10-15/h6,9-10,14,18H,5,7-8,11H2,1-4H3. The Morgan fingerprint density at radius 1 is 1.33 bits per heavy atom. The van der Waals surface area contributed by atoms with Gasteiger partial charge in [-0.05, 0) is 69.8 Å². The topological polar surface area (TPSA) is 47.6 Å². The van der Waals surface area contributed by atoms with E-state index in [9.17, 15) is 4.79 Å². The second-order valence-electron chi connectivity index (χ2n) is 5.75. The molecule has 0 amide bonds. The molecule has 1 aromatic carbocycles. The molecule has 1 fully saturated rings. The summed E-state index contributed by atoms with van der Waals surface area (Å²) >= 11 is 0. The average Bonchev–Trinajstić information content (AvgIpc) is 3.29. The Kier molecular flexibility index (Phi) is 4.88. The average molecular weight is 291 g/mol. The molecular formula is C17H25NO3. The number of nitrogens with one attached hydrogen (secondary N) is 1. The van der Waals surface area contributed by atoms with Crippen molar-refractivity contribution in [1.29, 1.82) is 0 Å². The molecule has 1 aliphatic carbocycles. The zero-order valence-electron chi connectivity index (χ0n) is 13.4. The quantitative estimate of drug-likeness (QED) is 0.785. The van der Waals surface area contributed by atoms with Gasteiger partial charge in [-0.2, -0.15) is 0 Å². The van der Waals surface area contributed by atoms with Gasteiger partial charge in [0.2, 0.25) is 0 Å². The highest BCUT2D eigenvalue weighted by atomic mass is 16.5. The number of benzene rings is 1. The third-order valence-electron chi connectivity index (χ3n) is 4.30. The zero-order chi connectivity index (χ0) is 15.5. The van der Waals surface area contributed by atoms with E-state index in [1.165, 1.54) is 11.1 Å². The molecule has 4 nitrogen and oxygen atoms in total. The fraction of sp³-hybridized carbons (Fsp3) is 0.588. The number of esters is 1. The first-order valence-electron chi connectivity index (χ1n) is 7.59. The molecule has 0 radical (unpaired) electrons. The van der Waals surface area contributed by atoms with Gasteiger partial charge in [-0.15, -0.1) is 0 Å². The molecule has 1 aromatic rings. The summed E-state index contributed by atoms with van der Waals surface area (Å²) in [4.78, 5) is 12.4. The summed E-state index contributed by atoms with van der Waals surface area (Å²) in [6.45, 7) is 6.64. The van der Waals surface area contributed by atoms with E-state index >= 15 is 0 Å². The highest BCUT2D eigenvalue weighted by Gasteiger charge is 2.52. The minimum Gasteiger partial charge on any atom is -0.491 e. The molecule has 1 N–H and O–H groups in total. The van der Waals surface area contributed by atoms with Gasteiger partial charge >= 0.3 is 5.97 Å². The van der Waals surface area contributed by atoms with Gasteiger partial charge in [0.25, 0.3) is 0 Å². The van der Waals surface area contributed by atoms with Crippen LogP contribution in [0.1, 0.15) is 30.9 Å². The molecule has 116 valence electrons. The second-order valence-corrected chi connectivity index (χ2v) is 5.75. The van der Waals surface area contributed by atoms with Crippen LogP contribution in [0.4, 0.5) is 0 Å². The third kappa shape index (κ3) is 3.38. The lowest BCUT2D eigenvalue weighted by Crippen LogP contribution is -2.57. The number of hydrogen-bond acceptors (Lipinski definition) is 4. The lowest BCUT2D eigenvalue weighted by Gasteiger charge is -2.31. The van der Waals surface area contributed by atoms with Crippen molar-refractivity contribution in [1.82, 2.24) is 5.32 Å². The molecule has 2 rings (SSSR count). The number of rotatable bonds is 7. The van der Waals surface area contributed by atoms with Crippen LogP contribution in [0.3, 0.4) is 0 Å². The molecule has 0 bridgehead atoms. The van der Waals surface area contributed by atoms with E-state index in [0.717, 1.165) is 18.6 Å². The number of carbonyl (C=O) groups excluding carboxylic acids is 1. The highest BCUT2D eigenvalue weighted by Crippen LogP contribution is 2.40. The van der Waals surface area contributed by atoms with Gasteiger partial charge in [-0.1, -0.05) is 6.07 Å². The smallest absolute Gasteiger partial charge is 0.330 e. The maximum absolute atomic E-state index is 12.4. The number of aryl methyl sites for hydroxylation is 2. The van der Waals surface area contributed by atoms with Crippen LogP contribution in [0, 0.1) is 19.8 Å². The van der Waals surface area contributed by atoms with Crippen LogP contribution in [-0.2, 0) is 9.53 Å². The van der Waals surface area contributed by atoms with Crippen LogP contribution in [0.25, 0.3) is 0 Å². The first kappa shape index (κ1) is 15.8. The van der Waals surface area contributed by atoms with Crippen LogP contribution in [0.5, 0.6) is 5.75 Å². The van der Waals surface area contributed by atoms with E-state index in [0.29, 0.717) is 19.1 Å². The Hall–Kier alpha value is -1.55. The molecule has 0 heterocycles. The van der Waals surface area contributed by atoms with Crippen LogP contribution in [0.2, 0.25) is 0 Å². The van der Waals surface area contributed by atoms with E-state index in [4.69, 9.17) is 9.47 Å². The number of hydrogen-bond donors (Lipinski definition) is 1. The van der Waals surface area contributed by atoms with E-state index in [1.54, 1.807) is 7.05 Å². The summed E-state index contributed by atoms with van der Waals surface area (Å²) in [5.74, 6) is 0.884. The van der Waals surface area contributed by atoms with Gasteiger partial charge in [-0.25, -0.2) is 4.79 Å². The molecular weight excluding hydrogens is 266 g/mol. The third-order valence-corrected chi connectivity index (χ3v) is 4.30. The van der Waals surface area contributed by atoms with E-state index in [2.05, 4.69) is 19.2 Å². The van der Waals surface area contributed by atoms with Crippen LogP contribution < -0.4 is 10.1 Å². The molecule has 0 saturated heterocycles. The number of likely N-dealkylation sites (N-methyl/N-ethyl adjacent to an activating group) is 1. The van der Waals surface area contributed by atoms with E-state index < -0.39 is 5.54 Å². The maximum Gasteiger partial charge on any atom is 0.330 e. The molecule has 1 aliphatic rings. The van der Waals surface area contributed by atoms with Crippen molar-refractivity contribution in [3.8, 4) is 5.75 Å². The SMILES string of the molecule is CCOC(=O)C(COc1ccc(C)c(C)c1)(NC)C1CC1. The maximum atomic E-state index is 12.4. The summed E-state index contributed by atoms with van der Waals surface area (Å²) in [6.07, 6.45) is 2.08. The lowest BCUT2D eigenvalue weighted by molar-refractivity contribution is -0.153. The molecule has 1 saturated carbocycles.